The summed E-state index contributed by atoms with van der Waals surface area (Å²) in [4.78, 5) is 11.8. The summed E-state index contributed by atoms with van der Waals surface area (Å²) in [7, 11) is 0. The Morgan fingerprint density at radius 3 is 2.82 bits per heavy atom. The van der Waals surface area contributed by atoms with Crippen molar-refractivity contribution in [2.24, 2.45) is 0 Å². The molecule has 1 atom stereocenters. The second-order valence-electron chi connectivity index (χ2n) is 3.45. The Morgan fingerprint density at radius 2 is 2.24 bits per heavy atom. The van der Waals surface area contributed by atoms with Crippen LogP contribution < -0.4 is 5.32 Å². The van der Waals surface area contributed by atoms with E-state index < -0.39 is 0 Å². The lowest BCUT2D eigenvalue weighted by Crippen LogP contribution is -2.27. The number of furan rings is 1. The molecule has 0 aliphatic rings. The average molecular weight is 252 g/mol. The minimum absolute atomic E-state index is 0.216. The highest BCUT2D eigenvalue weighted by Gasteiger charge is 2.14. The van der Waals surface area contributed by atoms with Crippen LogP contribution in [0, 0.1) is 0 Å². The van der Waals surface area contributed by atoms with E-state index in [-0.39, 0.29) is 22.8 Å². The molecule has 2 aromatic rings. The first-order chi connectivity index (χ1) is 8.16. The lowest BCUT2D eigenvalue weighted by Gasteiger charge is -2.10. The van der Waals surface area contributed by atoms with Crippen molar-refractivity contribution < 1.29 is 9.21 Å². The molecule has 0 aromatic carbocycles. The molecule has 1 N–H and O–H groups in total. The third-order valence-electron chi connectivity index (χ3n) is 2.18. The van der Waals surface area contributed by atoms with E-state index in [1.165, 1.54) is 12.1 Å². The van der Waals surface area contributed by atoms with Crippen molar-refractivity contribution in [1.29, 1.82) is 0 Å². The fraction of sp³-hybridized carbons (Fsp3) is 0.182. The van der Waals surface area contributed by atoms with Crippen LogP contribution in [0.15, 0.2) is 34.9 Å². The fourth-order valence-corrected chi connectivity index (χ4v) is 1.42. The Hall–Kier alpha value is -1.88. The van der Waals surface area contributed by atoms with Crippen LogP contribution in [0.5, 0.6) is 0 Å². The van der Waals surface area contributed by atoms with Gasteiger partial charge in [-0.15, -0.1) is 10.2 Å². The minimum Gasteiger partial charge on any atom is -0.467 e. The predicted molar refractivity (Wildman–Crippen MR) is 61.6 cm³/mol. The first-order valence-electron chi connectivity index (χ1n) is 5.00. The zero-order valence-electron chi connectivity index (χ0n) is 9.05. The molecule has 2 rings (SSSR count). The molecular weight excluding hydrogens is 242 g/mol. The maximum Gasteiger partial charge on any atom is 0.272 e. The summed E-state index contributed by atoms with van der Waals surface area (Å²) in [5, 5.41) is 10.3. The van der Waals surface area contributed by atoms with E-state index in [9.17, 15) is 4.79 Å². The van der Waals surface area contributed by atoms with Crippen molar-refractivity contribution in [3.05, 3.63) is 47.1 Å². The molecule has 5 nitrogen and oxygen atoms in total. The van der Waals surface area contributed by atoms with Gasteiger partial charge >= 0.3 is 0 Å². The molecule has 0 aliphatic carbocycles. The molecule has 0 saturated carbocycles. The van der Waals surface area contributed by atoms with E-state index in [0.717, 1.165) is 0 Å². The fourth-order valence-electron chi connectivity index (χ4n) is 1.32. The summed E-state index contributed by atoms with van der Waals surface area (Å²) in [6, 6.07) is 6.36. The molecule has 2 aromatic heterocycles. The summed E-state index contributed by atoms with van der Waals surface area (Å²) >= 11 is 5.58. The van der Waals surface area contributed by atoms with E-state index in [1.54, 1.807) is 18.4 Å². The maximum atomic E-state index is 11.8. The van der Waals surface area contributed by atoms with Crippen LogP contribution in [0.4, 0.5) is 0 Å². The second kappa shape index (κ2) is 4.97. The average Bonchev–Trinajstić information content (AvgIpc) is 2.83. The lowest BCUT2D eigenvalue weighted by molar-refractivity contribution is 0.0929. The number of carbonyl (C=O) groups excluding carboxylic acids is 1. The van der Waals surface area contributed by atoms with Gasteiger partial charge in [-0.05, 0) is 31.2 Å². The highest BCUT2D eigenvalue weighted by Crippen LogP contribution is 2.12. The highest BCUT2D eigenvalue weighted by molar-refractivity contribution is 6.29. The monoisotopic (exact) mass is 251 g/mol. The molecule has 0 bridgehead atoms. The van der Waals surface area contributed by atoms with Gasteiger partial charge in [-0.1, -0.05) is 11.6 Å². The first kappa shape index (κ1) is 11.6. The van der Waals surface area contributed by atoms with E-state index in [0.29, 0.717) is 5.76 Å². The third-order valence-corrected chi connectivity index (χ3v) is 2.38. The van der Waals surface area contributed by atoms with Crippen LogP contribution in [-0.2, 0) is 0 Å². The van der Waals surface area contributed by atoms with Gasteiger partial charge in [0.25, 0.3) is 5.91 Å². The smallest absolute Gasteiger partial charge is 0.272 e. The number of aromatic nitrogens is 2. The van der Waals surface area contributed by atoms with Crippen molar-refractivity contribution >= 4 is 17.5 Å². The molecule has 2 heterocycles. The highest BCUT2D eigenvalue weighted by atomic mass is 35.5. The van der Waals surface area contributed by atoms with Crippen LogP contribution in [0.1, 0.15) is 29.2 Å². The first-order valence-corrected chi connectivity index (χ1v) is 5.38. The van der Waals surface area contributed by atoms with Crippen molar-refractivity contribution in [2.45, 2.75) is 13.0 Å². The number of rotatable bonds is 3. The standard InChI is InChI=1S/C11H10ClN3O2/c1-7(9-3-2-6-17-9)13-11(16)8-4-5-10(12)15-14-8/h2-7H,1H3,(H,13,16). The quantitative estimate of drug-likeness (QED) is 0.908. The molecule has 0 saturated heterocycles. The zero-order valence-corrected chi connectivity index (χ0v) is 9.81. The number of hydrogen-bond acceptors (Lipinski definition) is 4. The summed E-state index contributed by atoms with van der Waals surface area (Å²) in [5.74, 6) is 0.360. The largest absolute Gasteiger partial charge is 0.467 e. The molecule has 0 aliphatic heterocycles. The van der Waals surface area contributed by atoms with Crippen LogP contribution >= 0.6 is 11.6 Å². The number of nitrogens with one attached hydrogen (secondary N) is 1. The number of carbonyl (C=O) groups is 1. The van der Waals surface area contributed by atoms with Crippen molar-refractivity contribution in [1.82, 2.24) is 15.5 Å². The molecule has 0 radical (unpaired) electrons. The third kappa shape index (κ3) is 2.82. The number of amides is 1. The predicted octanol–water partition coefficient (Wildman–Crippen LogP) is 2.21. The van der Waals surface area contributed by atoms with E-state index >= 15 is 0 Å². The summed E-state index contributed by atoms with van der Waals surface area (Å²) < 4.78 is 5.18. The molecule has 6 heteroatoms. The van der Waals surface area contributed by atoms with Gasteiger partial charge in [0, 0.05) is 0 Å². The van der Waals surface area contributed by atoms with Gasteiger partial charge in [-0.25, -0.2) is 0 Å². The Kier molecular flexibility index (Phi) is 3.39. The van der Waals surface area contributed by atoms with Crippen LogP contribution in [0.3, 0.4) is 0 Å². The van der Waals surface area contributed by atoms with Gasteiger partial charge in [-0.3, -0.25) is 4.79 Å². The lowest BCUT2D eigenvalue weighted by atomic mass is 10.2. The Morgan fingerprint density at radius 1 is 1.41 bits per heavy atom. The van der Waals surface area contributed by atoms with Crippen molar-refractivity contribution in [2.75, 3.05) is 0 Å². The topological polar surface area (TPSA) is 68.0 Å². The summed E-state index contributed by atoms with van der Waals surface area (Å²) in [6.45, 7) is 1.82. The molecule has 0 spiro atoms. The van der Waals surface area contributed by atoms with Gasteiger partial charge < -0.3 is 9.73 Å². The van der Waals surface area contributed by atoms with E-state index in [1.807, 2.05) is 6.92 Å². The molecule has 1 amide bonds. The number of halogens is 1. The van der Waals surface area contributed by atoms with Gasteiger partial charge in [0.15, 0.2) is 10.8 Å². The van der Waals surface area contributed by atoms with Gasteiger partial charge in [0.05, 0.1) is 12.3 Å². The van der Waals surface area contributed by atoms with Gasteiger partial charge in [0.1, 0.15) is 5.76 Å². The van der Waals surface area contributed by atoms with Crippen LogP contribution in [0.2, 0.25) is 5.15 Å². The Balaban J connectivity index is 2.04. The molecule has 88 valence electrons. The Labute approximate surface area is 103 Å². The molecule has 17 heavy (non-hydrogen) atoms. The zero-order chi connectivity index (χ0) is 12.3. The minimum atomic E-state index is -0.321. The van der Waals surface area contributed by atoms with E-state index in [4.69, 9.17) is 16.0 Å². The van der Waals surface area contributed by atoms with Crippen molar-refractivity contribution in [3.63, 3.8) is 0 Å². The second-order valence-corrected chi connectivity index (χ2v) is 3.84. The normalized spacial score (nSPS) is 12.1. The van der Waals surface area contributed by atoms with Crippen LogP contribution in [-0.4, -0.2) is 16.1 Å². The van der Waals surface area contributed by atoms with Gasteiger partial charge in [0.2, 0.25) is 0 Å². The van der Waals surface area contributed by atoms with Crippen LogP contribution in [0.25, 0.3) is 0 Å². The molecule has 0 fully saturated rings. The maximum absolute atomic E-state index is 11.8. The Bertz CT molecular complexity index is 496. The van der Waals surface area contributed by atoms with Gasteiger partial charge in [-0.2, -0.15) is 0 Å². The molecule has 1 unspecified atom stereocenters. The summed E-state index contributed by atoms with van der Waals surface area (Å²) in [6.07, 6.45) is 1.56. The molecular formula is C11H10ClN3O2. The van der Waals surface area contributed by atoms with E-state index in [2.05, 4.69) is 15.5 Å². The number of hydrogen-bond donors (Lipinski definition) is 1. The SMILES string of the molecule is CC(NC(=O)c1ccc(Cl)nn1)c1ccco1. The summed E-state index contributed by atoms with van der Waals surface area (Å²) in [5.41, 5.74) is 0.216. The number of nitrogens with zero attached hydrogens (tertiary/aromatic N) is 2. The van der Waals surface area contributed by atoms with Crippen molar-refractivity contribution in [3.8, 4) is 0 Å².